The SMILES string of the molecule is CCCC(C(=O)N1CCN(Cc2nc(-c3cccs3)no2)CC1)c1ccccc1. The molecule has 6 nitrogen and oxygen atoms in total. The third-order valence-electron chi connectivity index (χ3n) is 5.33. The van der Waals surface area contributed by atoms with Crippen LogP contribution in [0.4, 0.5) is 0 Å². The third-order valence-corrected chi connectivity index (χ3v) is 6.20. The number of aromatic nitrogens is 2. The van der Waals surface area contributed by atoms with Crippen molar-refractivity contribution < 1.29 is 9.32 Å². The molecule has 1 atom stereocenters. The second kappa shape index (κ2) is 9.33. The van der Waals surface area contributed by atoms with E-state index in [-0.39, 0.29) is 11.8 Å². The Morgan fingerprint density at radius 3 is 2.62 bits per heavy atom. The number of carbonyl (C=O) groups is 1. The highest BCUT2D eigenvalue weighted by Gasteiger charge is 2.28. The molecule has 1 aliphatic heterocycles. The van der Waals surface area contributed by atoms with Crippen LogP contribution in [-0.4, -0.2) is 52.0 Å². The molecule has 4 rings (SSSR count). The molecule has 0 bridgehead atoms. The van der Waals surface area contributed by atoms with Crippen molar-refractivity contribution in [2.24, 2.45) is 0 Å². The Morgan fingerprint density at radius 2 is 1.93 bits per heavy atom. The van der Waals surface area contributed by atoms with Gasteiger partial charge in [0, 0.05) is 26.2 Å². The van der Waals surface area contributed by atoms with Crippen molar-refractivity contribution in [3.63, 3.8) is 0 Å². The molecule has 0 aliphatic carbocycles. The number of carbonyl (C=O) groups excluding carboxylic acids is 1. The fraction of sp³-hybridized carbons (Fsp3) is 0.409. The second-order valence-electron chi connectivity index (χ2n) is 7.34. The lowest BCUT2D eigenvalue weighted by Gasteiger charge is -2.36. The van der Waals surface area contributed by atoms with E-state index in [1.54, 1.807) is 11.3 Å². The monoisotopic (exact) mass is 410 g/mol. The van der Waals surface area contributed by atoms with Crippen LogP contribution in [0.15, 0.2) is 52.4 Å². The van der Waals surface area contributed by atoms with Crippen LogP contribution in [0.1, 0.15) is 37.1 Å². The predicted octanol–water partition coefficient (Wildman–Crippen LogP) is 4.03. The molecule has 0 saturated carbocycles. The fourth-order valence-corrected chi connectivity index (χ4v) is 4.42. The molecule has 1 amide bonds. The maximum Gasteiger partial charge on any atom is 0.241 e. The minimum absolute atomic E-state index is 0.0444. The van der Waals surface area contributed by atoms with Gasteiger partial charge >= 0.3 is 0 Å². The molecular weight excluding hydrogens is 384 g/mol. The van der Waals surface area contributed by atoms with E-state index in [1.807, 2.05) is 40.6 Å². The second-order valence-corrected chi connectivity index (χ2v) is 8.29. The molecule has 3 heterocycles. The van der Waals surface area contributed by atoms with Gasteiger partial charge in [0.15, 0.2) is 0 Å². The van der Waals surface area contributed by atoms with E-state index < -0.39 is 0 Å². The lowest BCUT2D eigenvalue weighted by atomic mass is 9.93. The highest BCUT2D eigenvalue weighted by Crippen LogP contribution is 2.25. The summed E-state index contributed by atoms with van der Waals surface area (Å²) in [6.07, 6.45) is 1.88. The smallest absolute Gasteiger partial charge is 0.241 e. The van der Waals surface area contributed by atoms with Crippen molar-refractivity contribution in [1.29, 1.82) is 0 Å². The van der Waals surface area contributed by atoms with E-state index in [4.69, 9.17) is 4.52 Å². The summed E-state index contributed by atoms with van der Waals surface area (Å²) in [5.74, 6) is 1.47. The summed E-state index contributed by atoms with van der Waals surface area (Å²) in [4.78, 5) is 23.0. The van der Waals surface area contributed by atoms with Gasteiger partial charge < -0.3 is 9.42 Å². The molecule has 1 fully saturated rings. The van der Waals surface area contributed by atoms with Crippen LogP contribution in [-0.2, 0) is 11.3 Å². The van der Waals surface area contributed by atoms with Gasteiger partial charge in [0.1, 0.15) is 0 Å². The summed E-state index contributed by atoms with van der Waals surface area (Å²) in [6.45, 7) is 5.86. The average Bonchev–Trinajstić information content (AvgIpc) is 3.45. The first-order valence-electron chi connectivity index (χ1n) is 10.2. The molecule has 0 N–H and O–H groups in total. The maximum atomic E-state index is 13.2. The Morgan fingerprint density at radius 1 is 1.14 bits per heavy atom. The van der Waals surface area contributed by atoms with Gasteiger partial charge in [-0.2, -0.15) is 4.98 Å². The normalized spacial score (nSPS) is 16.1. The largest absolute Gasteiger partial charge is 0.340 e. The molecular formula is C22H26N4O2S. The lowest BCUT2D eigenvalue weighted by Crippen LogP contribution is -2.49. The molecule has 1 saturated heterocycles. The lowest BCUT2D eigenvalue weighted by molar-refractivity contribution is -0.134. The Bertz CT molecular complexity index is 902. The van der Waals surface area contributed by atoms with Crippen LogP contribution in [0, 0.1) is 0 Å². The maximum absolute atomic E-state index is 13.2. The van der Waals surface area contributed by atoms with Crippen molar-refractivity contribution in [2.75, 3.05) is 26.2 Å². The first-order chi connectivity index (χ1) is 14.2. The zero-order valence-electron chi connectivity index (χ0n) is 16.7. The van der Waals surface area contributed by atoms with Gasteiger partial charge in [0.05, 0.1) is 17.3 Å². The Balaban J connectivity index is 1.33. The quantitative estimate of drug-likeness (QED) is 0.589. The Hall–Kier alpha value is -2.51. The van der Waals surface area contributed by atoms with Crippen LogP contribution in [0.5, 0.6) is 0 Å². The van der Waals surface area contributed by atoms with Gasteiger partial charge in [0.25, 0.3) is 0 Å². The van der Waals surface area contributed by atoms with Crippen LogP contribution < -0.4 is 0 Å². The molecule has 2 aromatic heterocycles. The summed E-state index contributed by atoms with van der Waals surface area (Å²) in [7, 11) is 0. The molecule has 0 radical (unpaired) electrons. The van der Waals surface area contributed by atoms with Gasteiger partial charge in [-0.3, -0.25) is 9.69 Å². The van der Waals surface area contributed by atoms with Crippen LogP contribution in [0.3, 0.4) is 0 Å². The summed E-state index contributed by atoms with van der Waals surface area (Å²) < 4.78 is 5.42. The van der Waals surface area contributed by atoms with Crippen LogP contribution >= 0.6 is 11.3 Å². The van der Waals surface area contributed by atoms with Gasteiger partial charge in [-0.25, -0.2) is 0 Å². The first kappa shape index (κ1) is 19.8. The minimum Gasteiger partial charge on any atom is -0.340 e. The van der Waals surface area contributed by atoms with E-state index in [0.717, 1.165) is 49.5 Å². The van der Waals surface area contributed by atoms with Crippen molar-refractivity contribution in [2.45, 2.75) is 32.2 Å². The molecule has 29 heavy (non-hydrogen) atoms. The highest BCUT2D eigenvalue weighted by molar-refractivity contribution is 7.13. The summed E-state index contributed by atoms with van der Waals surface area (Å²) in [5, 5.41) is 6.08. The molecule has 1 unspecified atom stereocenters. The zero-order chi connectivity index (χ0) is 20.1. The average molecular weight is 411 g/mol. The molecule has 7 heteroatoms. The highest BCUT2D eigenvalue weighted by atomic mass is 32.1. The number of hydrogen-bond donors (Lipinski definition) is 0. The number of piperazine rings is 1. The standard InChI is InChI=1S/C22H26N4O2S/c1-2-7-18(17-8-4-3-5-9-17)22(27)26-13-11-25(12-14-26)16-20-23-21(24-28-20)19-10-6-15-29-19/h3-6,8-10,15,18H,2,7,11-14,16H2,1H3. The van der Waals surface area contributed by atoms with Gasteiger partial charge in [-0.05, 0) is 23.4 Å². The number of rotatable bonds is 7. The van der Waals surface area contributed by atoms with E-state index in [0.29, 0.717) is 18.3 Å². The van der Waals surface area contributed by atoms with Crippen molar-refractivity contribution in [3.8, 4) is 10.7 Å². The van der Waals surface area contributed by atoms with Crippen LogP contribution in [0.25, 0.3) is 10.7 Å². The van der Waals surface area contributed by atoms with E-state index in [1.165, 1.54) is 0 Å². The number of thiophene rings is 1. The van der Waals surface area contributed by atoms with E-state index >= 15 is 0 Å². The van der Waals surface area contributed by atoms with Gasteiger partial charge in [-0.1, -0.05) is 54.9 Å². The number of amides is 1. The summed E-state index contributed by atoms with van der Waals surface area (Å²) in [6, 6.07) is 14.1. The molecule has 0 spiro atoms. The fourth-order valence-electron chi connectivity index (χ4n) is 3.77. The van der Waals surface area contributed by atoms with Crippen molar-refractivity contribution in [1.82, 2.24) is 19.9 Å². The topological polar surface area (TPSA) is 62.5 Å². The van der Waals surface area contributed by atoms with E-state index in [2.05, 4.69) is 34.1 Å². The van der Waals surface area contributed by atoms with Crippen molar-refractivity contribution in [3.05, 3.63) is 59.3 Å². The molecule has 1 aliphatic rings. The van der Waals surface area contributed by atoms with E-state index in [9.17, 15) is 4.79 Å². The number of benzene rings is 1. The Labute approximate surface area is 175 Å². The van der Waals surface area contributed by atoms with Crippen molar-refractivity contribution >= 4 is 17.2 Å². The van der Waals surface area contributed by atoms with Gasteiger partial charge in [0.2, 0.25) is 17.6 Å². The molecule has 152 valence electrons. The van der Waals surface area contributed by atoms with Crippen LogP contribution in [0.2, 0.25) is 0 Å². The third kappa shape index (κ3) is 4.74. The zero-order valence-corrected chi connectivity index (χ0v) is 17.5. The summed E-state index contributed by atoms with van der Waals surface area (Å²) >= 11 is 1.60. The van der Waals surface area contributed by atoms with Gasteiger partial charge in [-0.15, -0.1) is 11.3 Å². The number of hydrogen-bond acceptors (Lipinski definition) is 6. The first-order valence-corrected chi connectivity index (χ1v) is 11.0. The Kier molecular flexibility index (Phi) is 6.36. The number of nitrogens with zero attached hydrogens (tertiary/aromatic N) is 4. The minimum atomic E-state index is -0.0444. The molecule has 1 aromatic carbocycles. The molecule has 3 aromatic rings. The summed E-state index contributed by atoms with van der Waals surface area (Å²) in [5.41, 5.74) is 1.12. The predicted molar refractivity (Wildman–Crippen MR) is 114 cm³/mol.